The second kappa shape index (κ2) is 6.37. The molecule has 116 valence electrons. The van der Waals surface area contributed by atoms with Crippen LogP contribution in [0, 0.1) is 0 Å². The molecule has 22 heavy (non-hydrogen) atoms. The maximum Gasteiger partial charge on any atom is 0.215 e. The predicted octanol–water partition coefficient (Wildman–Crippen LogP) is 1.95. The first-order valence-electron chi connectivity index (χ1n) is 7.02. The molecule has 0 fully saturated rings. The van der Waals surface area contributed by atoms with Crippen molar-refractivity contribution in [1.82, 2.24) is 4.72 Å². The molecule has 0 saturated carbocycles. The van der Waals surface area contributed by atoms with Gasteiger partial charge in [0.05, 0.1) is 12.3 Å². The molecule has 1 N–H and O–H groups in total. The molecule has 0 saturated heterocycles. The Hall–Kier alpha value is -2.05. The normalized spacial score (nSPS) is 17.2. The number of para-hydroxylation sites is 2. The van der Waals surface area contributed by atoms with Crippen molar-refractivity contribution in [2.45, 2.75) is 11.9 Å². The molecule has 0 aromatic heterocycles. The van der Waals surface area contributed by atoms with Crippen LogP contribution in [0.25, 0.3) is 0 Å². The Bertz CT molecular complexity index is 731. The molecule has 1 aliphatic rings. The van der Waals surface area contributed by atoms with Gasteiger partial charge in [0.2, 0.25) is 10.0 Å². The van der Waals surface area contributed by atoms with Crippen molar-refractivity contribution in [2.75, 3.05) is 13.2 Å². The lowest BCUT2D eigenvalue weighted by atomic mass is 10.2. The molecular weight excluding hydrogens is 302 g/mol. The van der Waals surface area contributed by atoms with Gasteiger partial charge in [-0.2, -0.15) is 0 Å². The molecule has 0 radical (unpaired) electrons. The lowest BCUT2D eigenvalue weighted by Crippen LogP contribution is -2.41. The van der Waals surface area contributed by atoms with Gasteiger partial charge in [-0.25, -0.2) is 13.1 Å². The Balaban J connectivity index is 1.57. The highest BCUT2D eigenvalue weighted by molar-refractivity contribution is 7.88. The summed E-state index contributed by atoms with van der Waals surface area (Å²) in [7, 11) is -3.40. The van der Waals surface area contributed by atoms with Crippen molar-refractivity contribution in [3.05, 3.63) is 60.2 Å². The molecule has 1 heterocycles. The largest absolute Gasteiger partial charge is 0.486 e. The minimum Gasteiger partial charge on any atom is -0.486 e. The van der Waals surface area contributed by atoms with Crippen LogP contribution in [0.15, 0.2) is 54.6 Å². The number of ether oxygens (including phenoxy) is 2. The number of rotatable bonds is 5. The first-order valence-corrected chi connectivity index (χ1v) is 8.67. The van der Waals surface area contributed by atoms with Gasteiger partial charge >= 0.3 is 0 Å². The van der Waals surface area contributed by atoms with Crippen LogP contribution in [0.3, 0.4) is 0 Å². The van der Waals surface area contributed by atoms with Crippen molar-refractivity contribution in [1.29, 1.82) is 0 Å². The van der Waals surface area contributed by atoms with Crippen molar-refractivity contribution in [3.63, 3.8) is 0 Å². The number of hydrogen-bond donors (Lipinski definition) is 1. The van der Waals surface area contributed by atoms with E-state index in [4.69, 9.17) is 9.47 Å². The third-order valence-electron chi connectivity index (χ3n) is 3.30. The standard InChI is InChI=1S/C16H17NO4S/c18-22(19,12-13-6-2-1-3-7-13)17-10-14-11-20-15-8-4-5-9-16(15)21-14/h1-9,14,17H,10-12H2/t14-/m1/s1. The Morgan fingerprint density at radius 3 is 2.45 bits per heavy atom. The Morgan fingerprint density at radius 1 is 1.00 bits per heavy atom. The van der Waals surface area contributed by atoms with E-state index in [1.807, 2.05) is 36.4 Å². The highest BCUT2D eigenvalue weighted by atomic mass is 32.2. The van der Waals surface area contributed by atoms with Crippen LogP contribution in [0.5, 0.6) is 11.5 Å². The minimum atomic E-state index is -3.40. The van der Waals surface area contributed by atoms with E-state index in [0.717, 1.165) is 5.56 Å². The molecule has 2 aromatic rings. The quantitative estimate of drug-likeness (QED) is 0.915. The topological polar surface area (TPSA) is 64.6 Å². The van der Waals surface area contributed by atoms with E-state index >= 15 is 0 Å². The second-order valence-electron chi connectivity index (χ2n) is 5.09. The summed E-state index contributed by atoms with van der Waals surface area (Å²) in [6.07, 6.45) is -0.333. The van der Waals surface area contributed by atoms with Gasteiger partial charge in [0.25, 0.3) is 0 Å². The molecule has 6 heteroatoms. The average molecular weight is 319 g/mol. The van der Waals surface area contributed by atoms with Crippen LogP contribution >= 0.6 is 0 Å². The van der Waals surface area contributed by atoms with Crippen molar-refractivity contribution in [2.24, 2.45) is 0 Å². The summed E-state index contributed by atoms with van der Waals surface area (Å²) in [5, 5.41) is 0. The Morgan fingerprint density at radius 2 is 1.68 bits per heavy atom. The molecule has 1 aliphatic heterocycles. The van der Waals surface area contributed by atoms with Crippen molar-refractivity contribution in [3.8, 4) is 11.5 Å². The number of sulfonamides is 1. The third kappa shape index (κ3) is 3.78. The Kier molecular flexibility index (Phi) is 4.31. The lowest BCUT2D eigenvalue weighted by molar-refractivity contribution is 0.0943. The van der Waals surface area contributed by atoms with Crippen LogP contribution in [0.1, 0.15) is 5.56 Å². The van der Waals surface area contributed by atoms with Crippen LogP contribution in [0.2, 0.25) is 0 Å². The lowest BCUT2D eigenvalue weighted by Gasteiger charge is -2.26. The summed E-state index contributed by atoms with van der Waals surface area (Å²) < 4.78 is 38.0. The van der Waals surface area contributed by atoms with Gasteiger partial charge in [-0.05, 0) is 17.7 Å². The summed E-state index contributed by atoms with van der Waals surface area (Å²) >= 11 is 0. The third-order valence-corrected chi connectivity index (χ3v) is 4.62. The number of nitrogens with one attached hydrogen (secondary N) is 1. The zero-order chi connectivity index (χ0) is 15.4. The molecule has 0 spiro atoms. The number of fused-ring (bicyclic) bond motifs is 1. The molecule has 0 aliphatic carbocycles. The highest BCUT2D eigenvalue weighted by Crippen LogP contribution is 2.30. The summed E-state index contributed by atoms with van der Waals surface area (Å²) in [6, 6.07) is 16.4. The van der Waals surface area contributed by atoms with Crippen LogP contribution in [0.4, 0.5) is 0 Å². The average Bonchev–Trinajstić information content (AvgIpc) is 2.53. The molecule has 1 atom stereocenters. The fourth-order valence-corrected chi connectivity index (χ4v) is 3.40. The maximum absolute atomic E-state index is 12.1. The SMILES string of the molecule is O=S(=O)(Cc1ccccc1)NC[C@@H]1COc2ccccc2O1. The fraction of sp³-hybridized carbons (Fsp3) is 0.250. The van der Waals surface area contributed by atoms with Gasteiger partial charge in [-0.15, -0.1) is 0 Å². The van der Waals surface area contributed by atoms with E-state index in [2.05, 4.69) is 4.72 Å². The van der Waals surface area contributed by atoms with Crippen LogP contribution in [-0.4, -0.2) is 27.7 Å². The van der Waals surface area contributed by atoms with Gasteiger partial charge in [0.15, 0.2) is 11.5 Å². The van der Waals surface area contributed by atoms with Gasteiger partial charge in [0, 0.05) is 0 Å². The van der Waals surface area contributed by atoms with E-state index < -0.39 is 10.0 Å². The predicted molar refractivity (Wildman–Crippen MR) is 83.4 cm³/mol. The molecule has 5 nitrogen and oxygen atoms in total. The van der Waals surface area contributed by atoms with Gasteiger partial charge < -0.3 is 9.47 Å². The molecular formula is C16H17NO4S. The van der Waals surface area contributed by atoms with E-state index in [1.165, 1.54) is 0 Å². The minimum absolute atomic E-state index is 0.0436. The van der Waals surface area contributed by atoms with Gasteiger partial charge in [0.1, 0.15) is 12.7 Å². The zero-order valence-corrected chi connectivity index (χ0v) is 12.8. The van der Waals surface area contributed by atoms with Gasteiger partial charge in [-0.3, -0.25) is 0 Å². The van der Waals surface area contributed by atoms with Crippen molar-refractivity contribution < 1.29 is 17.9 Å². The maximum atomic E-state index is 12.1. The summed E-state index contributed by atoms with van der Waals surface area (Å²) in [4.78, 5) is 0. The van der Waals surface area contributed by atoms with Crippen LogP contribution < -0.4 is 14.2 Å². The van der Waals surface area contributed by atoms with E-state index in [-0.39, 0.29) is 18.4 Å². The number of benzene rings is 2. The van der Waals surface area contributed by atoms with Crippen LogP contribution in [-0.2, 0) is 15.8 Å². The summed E-state index contributed by atoms with van der Waals surface area (Å²) in [5.41, 5.74) is 0.751. The monoisotopic (exact) mass is 319 g/mol. The highest BCUT2D eigenvalue weighted by Gasteiger charge is 2.22. The smallest absolute Gasteiger partial charge is 0.215 e. The molecule has 0 bridgehead atoms. The molecule has 0 amide bonds. The molecule has 3 rings (SSSR count). The summed E-state index contributed by atoms with van der Waals surface area (Å²) in [5.74, 6) is 1.28. The van der Waals surface area contributed by atoms with E-state index in [1.54, 1.807) is 18.2 Å². The first-order chi connectivity index (χ1) is 10.6. The van der Waals surface area contributed by atoms with E-state index in [9.17, 15) is 8.42 Å². The zero-order valence-electron chi connectivity index (χ0n) is 11.9. The van der Waals surface area contributed by atoms with Gasteiger partial charge in [-0.1, -0.05) is 42.5 Å². The molecule has 0 unspecified atom stereocenters. The Labute approximate surface area is 129 Å². The van der Waals surface area contributed by atoms with Crippen molar-refractivity contribution >= 4 is 10.0 Å². The second-order valence-corrected chi connectivity index (χ2v) is 6.90. The fourth-order valence-electron chi connectivity index (χ4n) is 2.23. The number of hydrogen-bond acceptors (Lipinski definition) is 4. The first kappa shape index (κ1) is 14.9. The molecule has 2 aromatic carbocycles. The van der Waals surface area contributed by atoms with E-state index in [0.29, 0.717) is 18.1 Å². The summed E-state index contributed by atoms with van der Waals surface area (Å²) in [6.45, 7) is 0.508.